The predicted molar refractivity (Wildman–Crippen MR) is 98.3 cm³/mol. The maximum atomic E-state index is 11.8. The second kappa shape index (κ2) is 7.33. The predicted octanol–water partition coefficient (Wildman–Crippen LogP) is 3.70. The van der Waals surface area contributed by atoms with E-state index < -0.39 is 5.91 Å². The molecule has 0 aliphatic carbocycles. The van der Waals surface area contributed by atoms with Gasteiger partial charge in [-0.25, -0.2) is 9.98 Å². The number of primary amides is 1. The molecule has 3 aromatic rings. The van der Waals surface area contributed by atoms with E-state index in [2.05, 4.69) is 25.5 Å². The van der Waals surface area contributed by atoms with Crippen molar-refractivity contribution in [1.82, 2.24) is 15.2 Å². The van der Waals surface area contributed by atoms with Gasteiger partial charge in [-0.15, -0.1) is 0 Å². The molecular weight excluding hydrogens is 363 g/mol. The largest absolute Gasteiger partial charge is 0.365 e. The first-order chi connectivity index (χ1) is 12.0. The number of rotatable bonds is 5. The summed E-state index contributed by atoms with van der Waals surface area (Å²) in [5, 5.41) is 10.7. The summed E-state index contributed by atoms with van der Waals surface area (Å²) < 4.78 is 0. The number of anilines is 2. The lowest BCUT2D eigenvalue weighted by Gasteiger charge is -2.04. The van der Waals surface area contributed by atoms with E-state index in [4.69, 9.17) is 28.9 Å². The number of nitrogens with one attached hydrogen (secondary N) is 2. The van der Waals surface area contributed by atoms with Crippen LogP contribution in [0.2, 0.25) is 10.2 Å². The molecule has 2 heterocycles. The maximum absolute atomic E-state index is 11.8. The third-order valence-electron chi connectivity index (χ3n) is 3.17. The van der Waals surface area contributed by atoms with Crippen molar-refractivity contribution in [3.63, 3.8) is 0 Å². The van der Waals surface area contributed by atoms with E-state index in [-0.39, 0.29) is 17.2 Å². The number of nitrogens with zero attached hydrogens (tertiary/aromatic N) is 3. The molecule has 126 valence electrons. The quantitative estimate of drug-likeness (QED) is 0.467. The van der Waals surface area contributed by atoms with Crippen LogP contribution in [0.4, 0.5) is 17.3 Å². The van der Waals surface area contributed by atoms with Crippen LogP contribution in [0.1, 0.15) is 15.9 Å². The van der Waals surface area contributed by atoms with Crippen molar-refractivity contribution >= 4 is 52.6 Å². The molecule has 0 saturated carbocycles. The first-order valence-electron chi connectivity index (χ1n) is 7.09. The van der Waals surface area contributed by atoms with Gasteiger partial charge in [-0.05, 0) is 30.3 Å². The Morgan fingerprint density at radius 2 is 2.12 bits per heavy atom. The fourth-order valence-corrected chi connectivity index (χ4v) is 2.36. The first kappa shape index (κ1) is 16.9. The van der Waals surface area contributed by atoms with E-state index in [1.54, 1.807) is 42.6 Å². The summed E-state index contributed by atoms with van der Waals surface area (Å²) in [6.07, 6.45) is 3.07. The lowest BCUT2D eigenvalue weighted by Crippen LogP contribution is -2.12. The summed E-state index contributed by atoms with van der Waals surface area (Å²) >= 11 is 11.7. The number of H-pyrrole nitrogens is 1. The molecule has 0 unspecified atom stereocenters. The van der Waals surface area contributed by atoms with Gasteiger partial charge in [-0.1, -0.05) is 29.3 Å². The van der Waals surface area contributed by atoms with Crippen LogP contribution in [0.15, 0.2) is 47.6 Å². The number of aliphatic imine (C=N–C) groups is 1. The van der Waals surface area contributed by atoms with Crippen molar-refractivity contribution in [2.24, 2.45) is 10.7 Å². The number of amides is 1. The fraction of sp³-hybridized carbons (Fsp3) is 0. The van der Waals surface area contributed by atoms with Gasteiger partial charge in [0.25, 0.3) is 5.91 Å². The van der Waals surface area contributed by atoms with Crippen LogP contribution < -0.4 is 11.1 Å². The minimum Gasteiger partial charge on any atom is -0.365 e. The van der Waals surface area contributed by atoms with Crippen molar-refractivity contribution in [2.75, 3.05) is 5.32 Å². The average molecular weight is 375 g/mol. The number of hydrogen-bond donors (Lipinski definition) is 3. The van der Waals surface area contributed by atoms with Gasteiger partial charge in [0, 0.05) is 28.7 Å². The Morgan fingerprint density at radius 3 is 2.80 bits per heavy atom. The number of aromatic nitrogens is 3. The smallest absolute Gasteiger partial charge is 0.256 e. The zero-order valence-electron chi connectivity index (χ0n) is 12.7. The third kappa shape index (κ3) is 4.14. The minimum absolute atomic E-state index is 0.137. The standard InChI is InChI=1S/C16H12Cl2N6O/c17-10-2-1-3-11(6-10)22-16-13(14(19)25)15(23-24-16)21-8-9-4-5-12(18)20-7-9/h1-8H,(H2,19,25)(H2,22,23,24)/b21-8+. The highest BCUT2D eigenvalue weighted by molar-refractivity contribution is 6.30. The molecule has 0 fully saturated rings. The van der Waals surface area contributed by atoms with Crippen LogP contribution in [0.25, 0.3) is 0 Å². The van der Waals surface area contributed by atoms with Crippen molar-refractivity contribution in [3.8, 4) is 0 Å². The zero-order chi connectivity index (χ0) is 17.8. The highest BCUT2D eigenvalue weighted by atomic mass is 35.5. The molecule has 0 radical (unpaired) electrons. The monoisotopic (exact) mass is 374 g/mol. The molecule has 2 aromatic heterocycles. The van der Waals surface area contributed by atoms with Gasteiger partial charge in [-0.2, -0.15) is 5.10 Å². The van der Waals surface area contributed by atoms with E-state index in [1.165, 1.54) is 6.21 Å². The van der Waals surface area contributed by atoms with Gasteiger partial charge in [0.15, 0.2) is 11.6 Å². The van der Waals surface area contributed by atoms with Crippen molar-refractivity contribution in [2.45, 2.75) is 0 Å². The number of halogens is 2. The number of aromatic amines is 1. The molecule has 0 atom stereocenters. The highest BCUT2D eigenvalue weighted by Crippen LogP contribution is 2.27. The molecule has 1 amide bonds. The Kier molecular flexibility index (Phi) is 4.97. The number of carbonyl (C=O) groups is 1. The van der Waals surface area contributed by atoms with E-state index in [9.17, 15) is 4.79 Å². The fourth-order valence-electron chi connectivity index (χ4n) is 2.06. The van der Waals surface area contributed by atoms with E-state index in [0.717, 1.165) is 0 Å². The molecule has 0 saturated heterocycles. The molecular formula is C16H12Cl2N6O. The van der Waals surface area contributed by atoms with Gasteiger partial charge >= 0.3 is 0 Å². The summed E-state index contributed by atoms with van der Waals surface area (Å²) in [6.45, 7) is 0. The first-order valence-corrected chi connectivity index (χ1v) is 7.85. The molecule has 0 spiro atoms. The second-order valence-electron chi connectivity index (χ2n) is 4.97. The van der Waals surface area contributed by atoms with Crippen LogP contribution in [0.5, 0.6) is 0 Å². The van der Waals surface area contributed by atoms with Crippen LogP contribution >= 0.6 is 23.2 Å². The van der Waals surface area contributed by atoms with Gasteiger partial charge < -0.3 is 11.1 Å². The SMILES string of the molecule is NC(=O)c1c(Nc2cccc(Cl)c2)n[nH]c1/N=C/c1ccc(Cl)nc1. The van der Waals surface area contributed by atoms with Gasteiger partial charge in [-0.3, -0.25) is 9.89 Å². The molecule has 7 nitrogen and oxygen atoms in total. The Bertz CT molecular complexity index is 936. The minimum atomic E-state index is -0.667. The Balaban J connectivity index is 1.89. The Hall–Kier alpha value is -2.90. The van der Waals surface area contributed by atoms with Crippen molar-refractivity contribution in [1.29, 1.82) is 0 Å². The summed E-state index contributed by atoms with van der Waals surface area (Å²) in [5.41, 5.74) is 6.97. The molecule has 0 aliphatic rings. The molecule has 0 aliphatic heterocycles. The van der Waals surface area contributed by atoms with Gasteiger partial charge in [0.1, 0.15) is 10.7 Å². The van der Waals surface area contributed by atoms with Crippen LogP contribution in [-0.2, 0) is 0 Å². The number of hydrogen-bond acceptors (Lipinski definition) is 5. The molecule has 25 heavy (non-hydrogen) atoms. The summed E-state index contributed by atoms with van der Waals surface area (Å²) in [5.74, 6) is -0.178. The third-order valence-corrected chi connectivity index (χ3v) is 3.63. The summed E-state index contributed by atoms with van der Waals surface area (Å²) in [6, 6.07) is 10.4. The number of pyridine rings is 1. The molecule has 0 bridgehead atoms. The normalized spacial score (nSPS) is 11.0. The maximum Gasteiger partial charge on any atom is 0.256 e. The van der Waals surface area contributed by atoms with Crippen molar-refractivity contribution in [3.05, 3.63) is 63.9 Å². The van der Waals surface area contributed by atoms with Crippen LogP contribution in [-0.4, -0.2) is 27.3 Å². The van der Waals surface area contributed by atoms with E-state index in [1.807, 2.05) is 0 Å². The van der Waals surface area contributed by atoms with E-state index >= 15 is 0 Å². The Labute approximate surface area is 152 Å². The average Bonchev–Trinajstić information content (AvgIpc) is 2.97. The zero-order valence-corrected chi connectivity index (χ0v) is 14.2. The van der Waals surface area contributed by atoms with Crippen LogP contribution in [0.3, 0.4) is 0 Å². The Morgan fingerprint density at radius 1 is 1.28 bits per heavy atom. The summed E-state index contributed by atoms with van der Waals surface area (Å²) in [7, 11) is 0. The second-order valence-corrected chi connectivity index (χ2v) is 5.79. The molecule has 1 aromatic carbocycles. The highest BCUT2D eigenvalue weighted by Gasteiger charge is 2.18. The number of carbonyl (C=O) groups excluding carboxylic acids is 1. The lowest BCUT2D eigenvalue weighted by atomic mass is 10.2. The molecule has 3 rings (SSSR count). The topological polar surface area (TPSA) is 109 Å². The number of benzene rings is 1. The summed E-state index contributed by atoms with van der Waals surface area (Å²) in [4.78, 5) is 20.0. The number of nitrogens with two attached hydrogens (primary N) is 1. The molecule has 4 N–H and O–H groups in total. The van der Waals surface area contributed by atoms with E-state index in [0.29, 0.717) is 21.4 Å². The lowest BCUT2D eigenvalue weighted by molar-refractivity contribution is 0.100. The van der Waals surface area contributed by atoms with Gasteiger partial charge in [0.2, 0.25) is 0 Å². The molecule has 9 heteroatoms. The van der Waals surface area contributed by atoms with Gasteiger partial charge in [0.05, 0.1) is 0 Å². The van der Waals surface area contributed by atoms with Crippen LogP contribution in [0, 0.1) is 0 Å². The van der Waals surface area contributed by atoms with Crippen molar-refractivity contribution < 1.29 is 4.79 Å².